The van der Waals surface area contributed by atoms with Crippen LogP contribution < -0.4 is 0 Å². The highest BCUT2D eigenvalue weighted by atomic mass is 14.1. The van der Waals surface area contributed by atoms with E-state index >= 15 is 0 Å². The molecule has 0 saturated carbocycles. The molecule has 0 aliphatic heterocycles. The highest BCUT2D eigenvalue weighted by molar-refractivity contribution is 6.05. The van der Waals surface area contributed by atoms with Crippen molar-refractivity contribution in [2.75, 3.05) is 0 Å². The van der Waals surface area contributed by atoms with Crippen molar-refractivity contribution in [3.05, 3.63) is 89.5 Å². The number of rotatable bonds is 3. The molecule has 0 N–H and O–H groups in total. The molecule has 0 aliphatic rings. The molecule has 0 saturated heterocycles. The maximum Gasteiger partial charge on any atom is -0.00275 e. The summed E-state index contributed by atoms with van der Waals surface area (Å²) < 4.78 is 0. The zero-order valence-electron chi connectivity index (χ0n) is 14.9. The standard InChI is InChI=1S/C24H24/c1-5-6-8-18(3)21-9-7-10-22-19(4)13-16-23(24(21)22)20-14-11-17(2)12-15-20/h5-16H,1-4H3/b6-5-,18-8+. The molecular weight excluding hydrogens is 288 g/mol. The van der Waals surface area contributed by atoms with Gasteiger partial charge in [-0.15, -0.1) is 0 Å². The van der Waals surface area contributed by atoms with Gasteiger partial charge < -0.3 is 0 Å². The molecule has 120 valence electrons. The molecular formula is C24H24. The molecule has 0 amide bonds. The lowest BCUT2D eigenvalue weighted by atomic mass is 9.89. The minimum atomic E-state index is 1.27. The number of benzene rings is 3. The van der Waals surface area contributed by atoms with E-state index in [1.165, 1.54) is 44.2 Å². The molecule has 0 atom stereocenters. The first kappa shape index (κ1) is 16.3. The van der Waals surface area contributed by atoms with Gasteiger partial charge in [-0.25, -0.2) is 0 Å². The third-order valence-electron chi connectivity index (χ3n) is 4.58. The van der Waals surface area contributed by atoms with Crippen LogP contribution in [0.3, 0.4) is 0 Å². The molecule has 0 aliphatic carbocycles. The lowest BCUT2D eigenvalue weighted by molar-refractivity contribution is 1.46. The second-order valence-electron chi connectivity index (χ2n) is 6.40. The van der Waals surface area contributed by atoms with E-state index in [9.17, 15) is 0 Å². The topological polar surface area (TPSA) is 0 Å². The lowest BCUT2D eigenvalue weighted by Crippen LogP contribution is -1.90. The summed E-state index contributed by atoms with van der Waals surface area (Å²) >= 11 is 0. The number of hydrogen-bond acceptors (Lipinski definition) is 0. The molecule has 0 unspecified atom stereocenters. The van der Waals surface area contributed by atoms with Crippen LogP contribution in [0.5, 0.6) is 0 Å². The minimum absolute atomic E-state index is 1.27. The Hall–Kier alpha value is -2.60. The van der Waals surface area contributed by atoms with Crippen molar-refractivity contribution in [2.24, 2.45) is 0 Å². The molecule has 0 spiro atoms. The van der Waals surface area contributed by atoms with Gasteiger partial charge in [-0.05, 0) is 66.3 Å². The number of hydrogen-bond donors (Lipinski definition) is 0. The van der Waals surface area contributed by atoms with Crippen LogP contribution in [-0.2, 0) is 0 Å². The molecule has 0 bridgehead atoms. The smallest absolute Gasteiger partial charge is 0.00275 e. The molecule has 24 heavy (non-hydrogen) atoms. The van der Waals surface area contributed by atoms with Crippen molar-refractivity contribution in [1.82, 2.24) is 0 Å². The summed E-state index contributed by atoms with van der Waals surface area (Å²) in [5.41, 5.74) is 7.79. The highest BCUT2D eigenvalue weighted by Crippen LogP contribution is 2.36. The van der Waals surface area contributed by atoms with Gasteiger partial charge in [0.2, 0.25) is 0 Å². The largest absolute Gasteiger partial charge is 0.0877 e. The van der Waals surface area contributed by atoms with Crippen molar-refractivity contribution < 1.29 is 0 Å². The first-order valence-electron chi connectivity index (χ1n) is 8.51. The van der Waals surface area contributed by atoms with Crippen LogP contribution in [0.25, 0.3) is 27.5 Å². The normalized spacial score (nSPS) is 12.2. The van der Waals surface area contributed by atoms with Crippen molar-refractivity contribution in [2.45, 2.75) is 27.7 Å². The van der Waals surface area contributed by atoms with E-state index in [0.29, 0.717) is 0 Å². The van der Waals surface area contributed by atoms with Crippen LogP contribution in [0, 0.1) is 13.8 Å². The van der Waals surface area contributed by atoms with Crippen LogP contribution in [-0.4, -0.2) is 0 Å². The maximum atomic E-state index is 2.26. The average Bonchev–Trinajstić information content (AvgIpc) is 2.61. The highest BCUT2D eigenvalue weighted by Gasteiger charge is 2.11. The van der Waals surface area contributed by atoms with E-state index in [1.54, 1.807) is 0 Å². The number of allylic oxidation sites excluding steroid dienone is 4. The van der Waals surface area contributed by atoms with Crippen LogP contribution in [0.15, 0.2) is 72.8 Å². The molecule has 0 aromatic heterocycles. The zero-order chi connectivity index (χ0) is 17.1. The molecule has 3 aromatic rings. The summed E-state index contributed by atoms with van der Waals surface area (Å²) in [5, 5.41) is 2.68. The summed E-state index contributed by atoms with van der Waals surface area (Å²) in [5.74, 6) is 0. The molecule has 0 fully saturated rings. The van der Waals surface area contributed by atoms with Gasteiger partial charge in [0, 0.05) is 0 Å². The third-order valence-corrected chi connectivity index (χ3v) is 4.58. The second kappa shape index (κ2) is 6.88. The van der Waals surface area contributed by atoms with Crippen molar-refractivity contribution in [3.8, 4) is 11.1 Å². The fourth-order valence-electron chi connectivity index (χ4n) is 3.19. The Morgan fingerprint density at radius 3 is 2.33 bits per heavy atom. The summed E-state index contributed by atoms with van der Waals surface area (Å²) in [4.78, 5) is 0. The van der Waals surface area contributed by atoms with Gasteiger partial charge in [0.25, 0.3) is 0 Å². The maximum absolute atomic E-state index is 2.26. The van der Waals surface area contributed by atoms with E-state index in [2.05, 4.69) is 101 Å². The van der Waals surface area contributed by atoms with Crippen molar-refractivity contribution >= 4 is 16.3 Å². The van der Waals surface area contributed by atoms with Gasteiger partial charge in [0.1, 0.15) is 0 Å². The Kier molecular flexibility index (Phi) is 4.66. The van der Waals surface area contributed by atoms with Crippen molar-refractivity contribution in [3.63, 3.8) is 0 Å². The van der Waals surface area contributed by atoms with Gasteiger partial charge in [-0.1, -0.05) is 78.4 Å². The molecule has 0 heterocycles. The molecule has 3 aromatic carbocycles. The van der Waals surface area contributed by atoms with E-state index in [1.807, 2.05) is 0 Å². The minimum Gasteiger partial charge on any atom is -0.0877 e. The monoisotopic (exact) mass is 312 g/mol. The first-order chi connectivity index (χ1) is 11.6. The Morgan fingerprint density at radius 2 is 1.62 bits per heavy atom. The van der Waals surface area contributed by atoms with Crippen molar-refractivity contribution in [1.29, 1.82) is 0 Å². The predicted molar refractivity (Wildman–Crippen MR) is 107 cm³/mol. The van der Waals surface area contributed by atoms with E-state index in [0.717, 1.165) is 0 Å². The van der Waals surface area contributed by atoms with E-state index in [4.69, 9.17) is 0 Å². The molecule has 0 radical (unpaired) electrons. The molecule has 3 rings (SSSR count). The summed E-state index contributed by atoms with van der Waals surface area (Å²) in [6.45, 7) is 8.56. The van der Waals surface area contributed by atoms with Crippen LogP contribution in [0.1, 0.15) is 30.5 Å². The average molecular weight is 312 g/mol. The Labute approximate surface area is 145 Å². The summed E-state index contributed by atoms with van der Waals surface area (Å²) in [6, 6.07) is 19.9. The Bertz CT molecular complexity index is 922. The second-order valence-corrected chi connectivity index (χ2v) is 6.40. The Balaban J connectivity index is 2.34. The number of fused-ring (bicyclic) bond motifs is 1. The Morgan fingerprint density at radius 1 is 0.875 bits per heavy atom. The van der Waals surface area contributed by atoms with E-state index in [-0.39, 0.29) is 0 Å². The first-order valence-corrected chi connectivity index (χ1v) is 8.51. The summed E-state index contributed by atoms with van der Waals surface area (Å²) in [7, 11) is 0. The van der Waals surface area contributed by atoms with Gasteiger partial charge in [0.15, 0.2) is 0 Å². The lowest BCUT2D eigenvalue weighted by Gasteiger charge is -2.14. The van der Waals surface area contributed by atoms with Crippen LogP contribution in [0.2, 0.25) is 0 Å². The fourth-order valence-corrected chi connectivity index (χ4v) is 3.19. The van der Waals surface area contributed by atoms with Gasteiger partial charge >= 0.3 is 0 Å². The fraction of sp³-hybridized carbons (Fsp3) is 0.167. The zero-order valence-corrected chi connectivity index (χ0v) is 14.9. The van der Waals surface area contributed by atoms with E-state index < -0.39 is 0 Å². The summed E-state index contributed by atoms with van der Waals surface area (Å²) in [6.07, 6.45) is 6.37. The predicted octanol–water partition coefficient (Wildman–Crippen LogP) is 7.10. The molecule has 0 heteroatoms. The number of aryl methyl sites for hydroxylation is 2. The molecule has 0 nitrogen and oxygen atoms in total. The third kappa shape index (κ3) is 3.05. The van der Waals surface area contributed by atoms with Gasteiger partial charge in [0.05, 0.1) is 0 Å². The van der Waals surface area contributed by atoms with Gasteiger partial charge in [-0.2, -0.15) is 0 Å². The SMILES string of the molecule is C/C=C\C=C(/C)c1cccc2c(C)ccc(-c3ccc(C)cc3)c12. The quantitative estimate of drug-likeness (QED) is 0.452. The van der Waals surface area contributed by atoms with Crippen LogP contribution >= 0.6 is 0 Å². The van der Waals surface area contributed by atoms with Gasteiger partial charge in [-0.3, -0.25) is 0 Å². The van der Waals surface area contributed by atoms with Crippen LogP contribution in [0.4, 0.5) is 0 Å².